The molecule has 0 radical (unpaired) electrons. The van der Waals surface area contributed by atoms with Gasteiger partial charge in [-0.15, -0.1) is 0 Å². The van der Waals surface area contributed by atoms with Crippen LogP contribution in [0.2, 0.25) is 0 Å². The first-order valence-corrected chi connectivity index (χ1v) is 6.74. The Hall–Kier alpha value is -1.84. The van der Waals surface area contributed by atoms with E-state index in [1.807, 2.05) is 30.3 Å². The van der Waals surface area contributed by atoms with Crippen LogP contribution in [0.5, 0.6) is 0 Å². The molecular formula is C15H19NO3. The van der Waals surface area contributed by atoms with Crippen LogP contribution in [0, 0.1) is 0 Å². The fourth-order valence-corrected chi connectivity index (χ4v) is 2.50. The molecule has 102 valence electrons. The SMILES string of the molecule is O=C(O)C(Cc1ccccc1)N1CCCCCC1=O. The molecule has 1 amide bonds. The first-order valence-electron chi connectivity index (χ1n) is 6.74. The molecule has 1 aromatic rings. The lowest BCUT2D eigenvalue weighted by Gasteiger charge is -2.27. The summed E-state index contributed by atoms with van der Waals surface area (Å²) < 4.78 is 0. The smallest absolute Gasteiger partial charge is 0.326 e. The minimum absolute atomic E-state index is 0.0270. The maximum Gasteiger partial charge on any atom is 0.326 e. The molecule has 1 N–H and O–H groups in total. The van der Waals surface area contributed by atoms with Crippen LogP contribution in [0.15, 0.2) is 30.3 Å². The monoisotopic (exact) mass is 261 g/mol. The van der Waals surface area contributed by atoms with Crippen LogP contribution >= 0.6 is 0 Å². The summed E-state index contributed by atoms with van der Waals surface area (Å²) in [5.41, 5.74) is 0.951. The average Bonchev–Trinajstić information content (AvgIpc) is 2.62. The number of carbonyl (C=O) groups excluding carboxylic acids is 1. The van der Waals surface area contributed by atoms with Gasteiger partial charge in [-0.25, -0.2) is 4.79 Å². The van der Waals surface area contributed by atoms with E-state index in [0.717, 1.165) is 24.8 Å². The van der Waals surface area contributed by atoms with Crippen LogP contribution < -0.4 is 0 Å². The number of carboxylic acid groups (broad SMARTS) is 1. The number of hydrogen-bond donors (Lipinski definition) is 1. The molecule has 0 aromatic heterocycles. The normalized spacial score (nSPS) is 17.9. The van der Waals surface area contributed by atoms with Gasteiger partial charge in [0.25, 0.3) is 0 Å². The van der Waals surface area contributed by atoms with E-state index in [4.69, 9.17) is 0 Å². The van der Waals surface area contributed by atoms with E-state index >= 15 is 0 Å². The van der Waals surface area contributed by atoms with Gasteiger partial charge in [-0.2, -0.15) is 0 Å². The molecule has 1 heterocycles. The lowest BCUT2D eigenvalue weighted by Crippen LogP contribution is -2.46. The standard InChI is InChI=1S/C15H19NO3/c17-14-9-5-2-6-10-16(14)13(15(18)19)11-12-7-3-1-4-8-12/h1,3-4,7-8,13H,2,5-6,9-11H2,(H,18,19). The van der Waals surface area contributed by atoms with E-state index in [9.17, 15) is 14.7 Å². The van der Waals surface area contributed by atoms with Crippen molar-refractivity contribution in [2.75, 3.05) is 6.54 Å². The molecule has 4 nitrogen and oxygen atoms in total. The van der Waals surface area contributed by atoms with Crippen LogP contribution in [0.3, 0.4) is 0 Å². The molecule has 1 atom stereocenters. The number of carbonyl (C=O) groups is 2. The van der Waals surface area contributed by atoms with Crippen LogP contribution in [0.4, 0.5) is 0 Å². The molecule has 1 aliphatic rings. The molecular weight excluding hydrogens is 242 g/mol. The highest BCUT2D eigenvalue weighted by molar-refractivity contribution is 5.84. The van der Waals surface area contributed by atoms with E-state index in [-0.39, 0.29) is 5.91 Å². The molecule has 4 heteroatoms. The van der Waals surface area contributed by atoms with E-state index < -0.39 is 12.0 Å². The van der Waals surface area contributed by atoms with Gasteiger partial charge in [-0.3, -0.25) is 4.79 Å². The van der Waals surface area contributed by atoms with Crippen molar-refractivity contribution in [3.8, 4) is 0 Å². The second-order valence-corrected chi connectivity index (χ2v) is 4.94. The van der Waals surface area contributed by atoms with Gasteiger partial charge in [-0.1, -0.05) is 36.8 Å². The van der Waals surface area contributed by atoms with E-state index in [1.165, 1.54) is 0 Å². The molecule has 1 unspecified atom stereocenters. The highest BCUT2D eigenvalue weighted by Crippen LogP contribution is 2.17. The molecule has 0 spiro atoms. The van der Waals surface area contributed by atoms with E-state index in [1.54, 1.807) is 4.90 Å². The molecule has 1 saturated heterocycles. The van der Waals surface area contributed by atoms with Gasteiger partial charge >= 0.3 is 5.97 Å². The van der Waals surface area contributed by atoms with Gasteiger partial charge < -0.3 is 10.0 Å². The zero-order valence-electron chi connectivity index (χ0n) is 10.9. The summed E-state index contributed by atoms with van der Waals surface area (Å²) in [7, 11) is 0. The van der Waals surface area contributed by atoms with Crippen molar-refractivity contribution in [3.63, 3.8) is 0 Å². The first-order chi connectivity index (χ1) is 9.18. The highest BCUT2D eigenvalue weighted by Gasteiger charge is 2.30. The quantitative estimate of drug-likeness (QED) is 0.902. The lowest BCUT2D eigenvalue weighted by atomic mass is 10.0. The Morgan fingerprint density at radius 3 is 2.63 bits per heavy atom. The highest BCUT2D eigenvalue weighted by atomic mass is 16.4. The molecule has 1 fully saturated rings. The van der Waals surface area contributed by atoms with Gasteiger partial charge in [0.15, 0.2) is 0 Å². The molecule has 0 bridgehead atoms. The van der Waals surface area contributed by atoms with Gasteiger partial charge in [0.05, 0.1) is 0 Å². The zero-order chi connectivity index (χ0) is 13.7. The number of aliphatic carboxylic acids is 1. The molecule has 1 aromatic carbocycles. The Balaban J connectivity index is 2.15. The Kier molecular flexibility index (Phi) is 4.55. The van der Waals surface area contributed by atoms with Crippen molar-refractivity contribution in [1.29, 1.82) is 0 Å². The minimum Gasteiger partial charge on any atom is -0.480 e. The van der Waals surface area contributed by atoms with Gasteiger partial charge in [0.1, 0.15) is 6.04 Å². The average molecular weight is 261 g/mol. The van der Waals surface area contributed by atoms with Gasteiger partial charge in [0.2, 0.25) is 5.91 Å². The Morgan fingerprint density at radius 1 is 1.21 bits per heavy atom. The maximum atomic E-state index is 12.0. The third-order valence-corrected chi connectivity index (χ3v) is 3.54. The number of rotatable bonds is 4. The zero-order valence-corrected chi connectivity index (χ0v) is 10.9. The molecule has 0 saturated carbocycles. The summed E-state index contributed by atoms with van der Waals surface area (Å²) in [4.78, 5) is 25.0. The number of hydrogen-bond acceptors (Lipinski definition) is 2. The van der Waals surface area contributed by atoms with Crippen LogP contribution in [-0.2, 0) is 16.0 Å². The van der Waals surface area contributed by atoms with E-state index in [2.05, 4.69) is 0 Å². The Bertz CT molecular complexity index is 444. The van der Waals surface area contributed by atoms with Gasteiger partial charge in [-0.05, 0) is 18.4 Å². The number of benzene rings is 1. The van der Waals surface area contributed by atoms with Crippen LogP contribution in [0.1, 0.15) is 31.2 Å². The second kappa shape index (κ2) is 6.36. The first kappa shape index (κ1) is 13.6. The molecule has 2 rings (SSSR count). The summed E-state index contributed by atoms with van der Waals surface area (Å²) in [6, 6.07) is 8.73. The number of amides is 1. The largest absolute Gasteiger partial charge is 0.480 e. The molecule has 0 aliphatic carbocycles. The third-order valence-electron chi connectivity index (χ3n) is 3.54. The Morgan fingerprint density at radius 2 is 1.95 bits per heavy atom. The van der Waals surface area contributed by atoms with Crippen LogP contribution in [0.25, 0.3) is 0 Å². The summed E-state index contributed by atoms with van der Waals surface area (Å²) in [6.45, 7) is 0.558. The fraction of sp³-hybridized carbons (Fsp3) is 0.467. The summed E-state index contributed by atoms with van der Waals surface area (Å²) in [6.07, 6.45) is 3.61. The number of likely N-dealkylation sites (tertiary alicyclic amines) is 1. The molecule has 19 heavy (non-hydrogen) atoms. The van der Waals surface area contributed by atoms with Crippen molar-refractivity contribution >= 4 is 11.9 Å². The van der Waals surface area contributed by atoms with Crippen LogP contribution in [-0.4, -0.2) is 34.5 Å². The third kappa shape index (κ3) is 3.56. The summed E-state index contributed by atoms with van der Waals surface area (Å²) in [5, 5.41) is 9.40. The predicted molar refractivity (Wildman–Crippen MR) is 71.8 cm³/mol. The Labute approximate surface area is 113 Å². The topological polar surface area (TPSA) is 57.6 Å². The van der Waals surface area contributed by atoms with Crippen molar-refractivity contribution < 1.29 is 14.7 Å². The fourth-order valence-electron chi connectivity index (χ4n) is 2.50. The lowest BCUT2D eigenvalue weighted by molar-refractivity contribution is -0.149. The molecule has 1 aliphatic heterocycles. The number of carboxylic acids is 1. The van der Waals surface area contributed by atoms with Crippen molar-refractivity contribution in [2.45, 2.75) is 38.1 Å². The minimum atomic E-state index is -0.917. The maximum absolute atomic E-state index is 12.0. The summed E-state index contributed by atoms with van der Waals surface area (Å²) >= 11 is 0. The number of nitrogens with zero attached hydrogens (tertiary/aromatic N) is 1. The van der Waals surface area contributed by atoms with Crippen molar-refractivity contribution in [2.24, 2.45) is 0 Å². The van der Waals surface area contributed by atoms with Crippen molar-refractivity contribution in [1.82, 2.24) is 4.90 Å². The van der Waals surface area contributed by atoms with E-state index in [0.29, 0.717) is 19.4 Å². The second-order valence-electron chi connectivity index (χ2n) is 4.94. The summed E-state index contributed by atoms with van der Waals surface area (Å²) in [5.74, 6) is -0.945. The van der Waals surface area contributed by atoms with Crippen molar-refractivity contribution in [3.05, 3.63) is 35.9 Å². The predicted octanol–water partition coefficient (Wildman–Crippen LogP) is 2.08. The van der Waals surface area contributed by atoms with Gasteiger partial charge in [0, 0.05) is 19.4 Å².